The first-order valence-corrected chi connectivity index (χ1v) is 9.72. The molecule has 8 nitrogen and oxygen atoms in total. The summed E-state index contributed by atoms with van der Waals surface area (Å²) >= 11 is 0. The van der Waals surface area contributed by atoms with Crippen molar-refractivity contribution in [1.82, 2.24) is 24.6 Å². The zero-order chi connectivity index (χ0) is 18.4. The van der Waals surface area contributed by atoms with Crippen molar-refractivity contribution in [2.24, 2.45) is 7.05 Å². The highest BCUT2D eigenvalue weighted by Gasteiger charge is 2.28. The Kier molecular flexibility index (Phi) is 6.99. The Hall–Kier alpha value is -1.51. The van der Waals surface area contributed by atoms with Gasteiger partial charge in [-0.05, 0) is 19.8 Å². The predicted molar refractivity (Wildman–Crippen MR) is 96.8 cm³/mol. The number of carbonyl (C=O) groups excluding carboxylic acids is 1. The second-order valence-electron chi connectivity index (χ2n) is 7.05. The van der Waals surface area contributed by atoms with Crippen molar-refractivity contribution in [2.45, 2.75) is 38.6 Å². The van der Waals surface area contributed by atoms with Crippen molar-refractivity contribution in [2.75, 3.05) is 52.6 Å². The molecule has 0 spiro atoms. The highest BCUT2D eigenvalue weighted by molar-refractivity contribution is 5.76. The summed E-state index contributed by atoms with van der Waals surface area (Å²) in [5.74, 6) is 2.42. The van der Waals surface area contributed by atoms with Crippen molar-refractivity contribution in [3.8, 4) is 0 Å². The first-order chi connectivity index (χ1) is 12.7. The summed E-state index contributed by atoms with van der Waals surface area (Å²) in [6.07, 6.45) is 2.52. The molecule has 2 saturated heterocycles. The standard InChI is InChI=1S/C18H31N5O3/c1-3-25-10-6-17(24)23-7-4-5-15(13-23)18-20-19-16(21(18)2)14-22-8-11-26-12-9-22/h15H,3-14H2,1-2H3/t15-/m1/s1. The largest absolute Gasteiger partial charge is 0.381 e. The van der Waals surface area contributed by atoms with Crippen LogP contribution in [0.3, 0.4) is 0 Å². The normalized spacial score (nSPS) is 21.9. The van der Waals surface area contributed by atoms with Gasteiger partial charge >= 0.3 is 0 Å². The van der Waals surface area contributed by atoms with Crippen LogP contribution in [-0.2, 0) is 27.9 Å². The van der Waals surface area contributed by atoms with E-state index in [1.54, 1.807) is 0 Å². The number of morpholine rings is 1. The maximum atomic E-state index is 12.4. The Balaban J connectivity index is 1.58. The molecule has 0 N–H and O–H groups in total. The lowest BCUT2D eigenvalue weighted by atomic mass is 9.97. The molecule has 26 heavy (non-hydrogen) atoms. The average Bonchev–Trinajstić information content (AvgIpc) is 3.03. The zero-order valence-corrected chi connectivity index (χ0v) is 16.0. The first-order valence-electron chi connectivity index (χ1n) is 9.72. The lowest BCUT2D eigenvalue weighted by molar-refractivity contribution is -0.133. The summed E-state index contributed by atoms with van der Waals surface area (Å²) in [6.45, 7) is 8.92. The molecule has 0 aromatic carbocycles. The van der Waals surface area contributed by atoms with Crippen molar-refractivity contribution < 1.29 is 14.3 Å². The van der Waals surface area contributed by atoms with Gasteiger partial charge in [0.05, 0.1) is 32.8 Å². The fourth-order valence-corrected chi connectivity index (χ4v) is 3.70. The maximum absolute atomic E-state index is 12.4. The predicted octanol–water partition coefficient (Wildman–Crippen LogP) is 0.780. The minimum atomic E-state index is 0.179. The smallest absolute Gasteiger partial charge is 0.224 e. The summed E-state index contributed by atoms with van der Waals surface area (Å²) in [5.41, 5.74) is 0. The van der Waals surface area contributed by atoms with E-state index in [0.29, 0.717) is 19.6 Å². The number of hydrogen-bond acceptors (Lipinski definition) is 6. The van der Waals surface area contributed by atoms with Crippen LogP contribution in [0.5, 0.6) is 0 Å². The molecule has 146 valence electrons. The summed E-state index contributed by atoms with van der Waals surface area (Å²) in [6, 6.07) is 0. The average molecular weight is 365 g/mol. The molecule has 2 fully saturated rings. The van der Waals surface area contributed by atoms with Crippen LogP contribution in [-0.4, -0.2) is 83.1 Å². The summed E-state index contributed by atoms with van der Waals surface area (Å²) in [4.78, 5) is 16.7. The summed E-state index contributed by atoms with van der Waals surface area (Å²) < 4.78 is 12.8. The van der Waals surface area contributed by atoms with Crippen molar-refractivity contribution in [1.29, 1.82) is 0 Å². The van der Waals surface area contributed by atoms with Gasteiger partial charge in [0.1, 0.15) is 11.6 Å². The van der Waals surface area contributed by atoms with E-state index < -0.39 is 0 Å². The van der Waals surface area contributed by atoms with Crippen LogP contribution in [0.1, 0.15) is 43.8 Å². The number of likely N-dealkylation sites (tertiary alicyclic amines) is 1. The van der Waals surface area contributed by atoms with Crippen LogP contribution in [0, 0.1) is 0 Å². The third-order valence-corrected chi connectivity index (χ3v) is 5.27. The van der Waals surface area contributed by atoms with E-state index in [2.05, 4.69) is 19.7 Å². The third-order valence-electron chi connectivity index (χ3n) is 5.27. The maximum Gasteiger partial charge on any atom is 0.224 e. The lowest BCUT2D eigenvalue weighted by Crippen LogP contribution is -2.40. The summed E-state index contributed by atoms with van der Waals surface area (Å²) in [5, 5.41) is 8.89. The molecule has 0 aliphatic carbocycles. The Bertz CT molecular complexity index is 585. The van der Waals surface area contributed by atoms with Gasteiger partial charge in [-0.1, -0.05) is 0 Å². The molecular weight excluding hydrogens is 334 g/mol. The highest BCUT2D eigenvalue weighted by Crippen LogP contribution is 2.26. The number of rotatable bonds is 7. The molecule has 0 bridgehead atoms. The van der Waals surface area contributed by atoms with Gasteiger partial charge in [-0.15, -0.1) is 10.2 Å². The van der Waals surface area contributed by atoms with Crippen molar-refractivity contribution >= 4 is 5.91 Å². The Labute approximate surface area is 155 Å². The lowest BCUT2D eigenvalue weighted by Gasteiger charge is -2.32. The van der Waals surface area contributed by atoms with Crippen molar-refractivity contribution in [3.63, 3.8) is 0 Å². The van der Waals surface area contributed by atoms with Gasteiger partial charge in [-0.3, -0.25) is 9.69 Å². The van der Waals surface area contributed by atoms with E-state index in [9.17, 15) is 4.79 Å². The van der Waals surface area contributed by atoms with Gasteiger partial charge in [-0.2, -0.15) is 0 Å². The van der Waals surface area contributed by atoms with E-state index in [4.69, 9.17) is 9.47 Å². The molecule has 0 saturated carbocycles. The quantitative estimate of drug-likeness (QED) is 0.665. The van der Waals surface area contributed by atoms with Crippen LogP contribution in [0.2, 0.25) is 0 Å². The second-order valence-corrected chi connectivity index (χ2v) is 7.05. The molecule has 1 aromatic heterocycles. The van der Waals surface area contributed by atoms with Crippen molar-refractivity contribution in [3.05, 3.63) is 11.6 Å². The Morgan fingerprint density at radius 3 is 2.85 bits per heavy atom. The molecule has 0 radical (unpaired) electrons. The van der Waals surface area contributed by atoms with Crippen LogP contribution in [0.15, 0.2) is 0 Å². The minimum absolute atomic E-state index is 0.179. The number of aromatic nitrogens is 3. The molecule has 1 aromatic rings. The van der Waals surface area contributed by atoms with Crippen LogP contribution < -0.4 is 0 Å². The minimum Gasteiger partial charge on any atom is -0.381 e. The number of hydrogen-bond donors (Lipinski definition) is 0. The third kappa shape index (κ3) is 4.81. The number of amides is 1. The van der Waals surface area contributed by atoms with E-state index >= 15 is 0 Å². The fourth-order valence-electron chi connectivity index (χ4n) is 3.70. The molecule has 3 heterocycles. The SMILES string of the molecule is CCOCCC(=O)N1CCC[C@@H](c2nnc(CN3CCOCC3)n2C)C1. The molecule has 3 rings (SSSR count). The number of ether oxygens (including phenoxy) is 2. The highest BCUT2D eigenvalue weighted by atomic mass is 16.5. The van der Waals surface area contributed by atoms with Gasteiger partial charge in [0.15, 0.2) is 0 Å². The molecule has 8 heteroatoms. The van der Waals surface area contributed by atoms with Crippen LogP contribution in [0.25, 0.3) is 0 Å². The Morgan fingerprint density at radius 1 is 1.27 bits per heavy atom. The molecule has 1 atom stereocenters. The van der Waals surface area contributed by atoms with E-state index in [1.807, 2.05) is 18.9 Å². The molecule has 0 unspecified atom stereocenters. The topological polar surface area (TPSA) is 72.7 Å². The fraction of sp³-hybridized carbons (Fsp3) is 0.833. The first kappa shape index (κ1) is 19.3. The van der Waals surface area contributed by atoms with E-state index in [1.165, 1.54) is 0 Å². The molecule has 2 aliphatic rings. The number of nitrogens with zero attached hydrogens (tertiary/aromatic N) is 5. The van der Waals surface area contributed by atoms with Crippen LogP contribution >= 0.6 is 0 Å². The molecule has 1 amide bonds. The number of carbonyl (C=O) groups is 1. The van der Waals surface area contributed by atoms with E-state index in [0.717, 1.165) is 70.4 Å². The van der Waals surface area contributed by atoms with Gasteiger partial charge < -0.3 is 18.9 Å². The van der Waals surface area contributed by atoms with Gasteiger partial charge in [0, 0.05) is 45.8 Å². The zero-order valence-electron chi connectivity index (χ0n) is 16.0. The molecular formula is C18H31N5O3. The second kappa shape index (κ2) is 9.43. The number of piperidine rings is 1. The van der Waals surface area contributed by atoms with Gasteiger partial charge in [-0.25, -0.2) is 0 Å². The van der Waals surface area contributed by atoms with Gasteiger partial charge in [0.25, 0.3) is 0 Å². The molecule has 2 aliphatic heterocycles. The van der Waals surface area contributed by atoms with E-state index in [-0.39, 0.29) is 11.8 Å². The van der Waals surface area contributed by atoms with Crippen LogP contribution in [0.4, 0.5) is 0 Å². The Morgan fingerprint density at radius 2 is 2.08 bits per heavy atom. The summed E-state index contributed by atoms with van der Waals surface area (Å²) in [7, 11) is 2.04. The monoisotopic (exact) mass is 365 g/mol. The van der Waals surface area contributed by atoms with Gasteiger partial charge in [0.2, 0.25) is 5.91 Å².